The molecular formula is C26H23N5O. The van der Waals surface area contributed by atoms with E-state index in [1.54, 1.807) is 6.20 Å². The number of nitrogens with one attached hydrogen (secondary N) is 2. The lowest BCUT2D eigenvalue weighted by Gasteiger charge is -2.09. The van der Waals surface area contributed by atoms with Crippen LogP contribution in [0, 0.1) is 0 Å². The van der Waals surface area contributed by atoms with Gasteiger partial charge in [0.15, 0.2) is 0 Å². The second-order valence-corrected chi connectivity index (χ2v) is 7.46. The van der Waals surface area contributed by atoms with Gasteiger partial charge >= 0.3 is 0 Å². The number of rotatable bonds is 7. The van der Waals surface area contributed by atoms with Gasteiger partial charge in [-0.2, -0.15) is 0 Å². The van der Waals surface area contributed by atoms with Crippen LogP contribution < -0.4 is 15.4 Å². The van der Waals surface area contributed by atoms with Crippen LogP contribution in [0.4, 0.5) is 17.5 Å². The van der Waals surface area contributed by atoms with Crippen molar-refractivity contribution >= 4 is 28.5 Å². The average molecular weight is 422 g/mol. The Morgan fingerprint density at radius 1 is 0.844 bits per heavy atom. The van der Waals surface area contributed by atoms with Gasteiger partial charge in [-0.1, -0.05) is 54.6 Å². The average Bonchev–Trinajstić information content (AvgIpc) is 3.14. The lowest BCUT2D eigenvalue weighted by molar-refractivity contribution is 0.483. The molecule has 2 heterocycles. The van der Waals surface area contributed by atoms with Crippen molar-refractivity contribution < 1.29 is 4.74 Å². The Morgan fingerprint density at radius 2 is 1.59 bits per heavy atom. The molecule has 0 radical (unpaired) electrons. The zero-order valence-electron chi connectivity index (χ0n) is 17.7. The third kappa shape index (κ3) is 4.39. The van der Waals surface area contributed by atoms with E-state index in [1.165, 1.54) is 5.56 Å². The van der Waals surface area contributed by atoms with E-state index in [1.807, 2.05) is 90.5 Å². The van der Waals surface area contributed by atoms with Crippen LogP contribution in [0.2, 0.25) is 0 Å². The number of para-hydroxylation sites is 1. The number of hydrogen-bond donors (Lipinski definition) is 2. The van der Waals surface area contributed by atoms with E-state index in [-0.39, 0.29) is 0 Å². The third-order valence-electron chi connectivity index (χ3n) is 5.15. The van der Waals surface area contributed by atoms with Crippen LogP contribution in [-0.2, 0) is 13.6 Å². The van der Waals surface area contributed by atoms with Crippen molar-refractivity contribution in [3.63, 3.8) is 0 Å². The topological polar surface area (TPSA) is 64.0 Å². The molecule has 0 atom stereocenters. The summed E-state index contributed by atoms with van der Waals surface area (Å²) in [7, 11) is 2.00. The summed E-state index contributed by atoms with van der Waals surface area (Å²) in [5.74, 6) is 3.11. The Kier molecular flexibility index (Phi) is 5.41. The first-order valence-electron chi connectivity index (χ1n) is 10.4. The van der Waals surface area contributed by atoms with Gasteiger partial charge in [0.1, 0.15) is 22.8 Å². The molecule has 0 bridgehead atoms. The zero-order valence-corrected chi connectivity index (χ0v) is 17.7. The highest BCUT2D eigenvalue weighted by Crippen LogP contribution is 2.27. The van der Waals surface area contributed by atoms with Crippen molar-refractivity contribution in [1.82, 2.24) is 14.5 Å². The van der Waals surface area contributed by atoms with Crippen molar-refractivity contribution in [3.05, 3.63) is 103 Å². The second kappa shape index (κ2) is 8.81. The number of imidazole rings is 1. The number of aromatic nitrogens is 3. The Morgan fingerprint density at radius 3 is 2.41 bits per heavy atom. The minimum atomic E-state index is 0.713. The quantitative estimate of drug-likeness (QED) is 0.332. The SMILES string of the molecule is Cn1c(NCc2ccccc2)nc2cnc(Nc3cccc(Oc4ccccc4)c3)cc21. The molecule has 5 rings (SSSR count). The fourth-order valence-corrected chi connectivity index (χ4v) is 3.51. The van der Waals surface area contributed by atoms with Crippen LogP contribution in [0.1, 0.15) is 5.56 Å². The van der Waals surface area contributed by atoms with Crippen molar-refractivity contribution in [3.8, 4) is 11.5 Å². The number of hydrogen-bond acceptors (Lipinski definition) is 5. The zero-order chi connectivity index (χ0) is 21.8. The molecule has 0 aliphatic carbocycles. The molecule has 158 valence electrons. The molecule has 0 spiro atoms. The number of fused-ring (bicyclic) bond motifs is 1. The van der Waals surface area contributed by atoms with E-state index in [0.29, 0.717) is 6.54 Å². The standard InChI is InChI=1S/C26H23N5O/c1-31-24-16-25(27-18-23(24)30-26(31)28-17-19-9-4-2-5-10-19)29-20-11-8-14-22(15-20)32-21-12-6-3-7-13-21/h2-16,18H,17H2,1H3,(H,27,29)(H,28,30). The van der Waals surface area contributed by atoms with Gasteiger partial charge < -0.3 is 19.9 Å². The normalized spacial score (nSPS) is 10.8. The third-order valence-corrected chi connectivity index (χ3v) is 5.15. The van der Waals surface area contributed by atoms with Gasteiger partial charge in [-0.3, -0.25) is 0 Å². The Bertz CT molecular complexity index is 1330. The first kappa shape index (κ1) is 19.6. The molecule has 0 unspecified atom stereocenters. The molecular weight excluding hydrogens is 398 g/mol. The summed E-state index contributed by atoms with van der Waals surface area (Å²) < 4.78 is 7.97. The number of aryl methyl sites for hydroxylation is 1. The molecule has 6 heteroatoms. The lowest BCUT2D eigenvalue weighted by atomic mass is 10.2. The maximum Gasteiger partial charge on any atom is 0.203 e. The van der Waals surface area contributed by atoms with Crippen molar-refractivity contribution in [2.75, 3.05) is 10.6 Å². The van der Waals surface area contributed by atoms with Gasteiger partial charge in [-0.05, 0) is 29.8 Å². The summed E-state index contributed by atoms with van der Waals surface area (Å²) >= 11 is 0. The number of anilines is 3. The monoisotopic (exact) mass is 421 g/mol. The number of benzene rings is 3. The summed E-state index contributed by atoms with van der Waals surface area (Å²) in [5, 5.41) is 6.77. The highest BCUT2D eigenvalue weighted by molar-refractivity contribution is 5.81. The van der Waals surface area contributed by atoms with Crippen LogP contribution in [0.5, 0.6) is 11.5 Å². The predicted molar refractivity (Wildman–Crippen MR) is 129 cm³/mol. The molecule has 2 N–H and O–H groups in total. The Balaban J connectivity index is 1.33. The van der Waals surface area contributed by atoms with Crippen molar-refractivity contribution in [2.45, 2.75) is 6.54 Å². The van der Waals surface area contributed by atoms with Gasteiger partial charge in [0.05, 0.1) is 11.7 Å². The van der Waals surface area contributed by atoms with Crippen molar-refractivity contribution in [2.24, 2.45) is 7.05 Å². The van der Waals surface area contributed by atoms with E-state index in [2.05, 4.69) is 32.7 Å². The highest BCUT2D eigenvalue weighted by Gasteiger charge is 2.10. The molecule has 0 aliphatic heterocycles. The maximum absolute atomic E-state index is 5.93. The molecule has 0 saturated heterocycles. The summed E-state index contributed by atoms with van der Waals surface area (Å²) in [4.78, 5) is 9.21. The minimum absolute atomic E-state index is 0.713. The second-order valence-electron chi connectivity index (χ2n) is 7.46. The predicted octanol–water partition coefficient (Wildman–Crippen LogP) is 6.12. The van der Waals surface area contributed by atoms with Crippen LogP contribution in [0.15, 0.2) is 97.2 Å². The molecule has 3 aromatic carbocycles. The van der Waals surface area contributed by atoms with Gasteiger partial charge in [-0.15, -0.1) is 0 Å². The molecule has 6 nitrogen and oxygen atoms in total. The smallest absolute Gasteiger partial charge is 0.203 e. The highest BCUT2D eigenvalue weighted by atomic mass is 16.5. The van der Waals surface area contributed by atoms with Crippen LogP contribution in [0.3, 0.4) is 0 Å². The van der Waals surface area contributed by atoms with Gasteiger partial charge in [0.25, 0.3) is 0 Å². The van der Waals surface area contributed by atoms with E-state index < -0.39 is 0 Å². The Labute approximate surface area is 186 Å². The van der Waals surface area contributed by atoms with Gasteiger partial charge in [0, 0.05) is 31.4 Å². The first-order chi connectivity index (χ1) is 15.7. The summed E-state index contributed by atoms with van der Waals surface area (Å²) in [6.45, 7) is 0.713. The van der Waals surface area contributed by atoms with Gasteiger partial charge in [0.2, 0.25) is 5.95 Å². The van der Waals surface area contributed by atoms with Crippen LogP contribution >= 0.6 is 0 Å². The van der Waals surface area contributed by atoms with Gasteiger partial charge in [-0.25, -0.2) is 9.97 Å². The van der Waals surface area contributed by atoms with E-state index >= 15 is 0 Å². The maximum atomic E-state index is 5.93. The minimum Gasteiger partial charge on any atom is -0.457 e. The number of nitrogens with zero attached hydrogens (tertiary/aromatic N) is 3. The molecule has 2 aromatic heterocycles. The molecule has 0 saturated carbocycles. The number of ether oxygens (including phenoxy) is 1. The van der Waals surface area contributed by atoms with Crippen LogP contribution in [-0.4, -0.2) is 14.5 Å². The molecule has 0 fully saturated rings. The molecule has 0 amide bonds. The summed E-state index contributed by atoms with van der Waals surface area (Å²) in [5.41, 5.74) is 3.94. The van der Waals surface area contributed by atoms with E-state index in [9.17, 15) is 0 Å². The fourth-order valence-electron chi connectivity index (χ4n) is 3.51. The van der Waals surface area contributed by atoms with E-state index in [4.69, 9.17) is 4.74 Å². The Hall–Kier alpha value is -4.32. The van der Waals surface area contributed by atoms with Crippen molar-refractivity contribution in [1.29, 1.82) is 0 Å². The number of pyridine rings is 1. The summed E-state index contributed by atoms with van der Waals surface area (Å²) in [6.07, 6.45) is 1.79. The summed E-state index contributed by atoms with van der Waals surface area (Å²) in [6, 6.07) is 29.8. The molecule has 0 aliphatic rings. The molecule has 5 aromatic rings. The van der Waals surface area contributed by atoms with E-state index in [0.717, 1.165) is 40.0 Å². The first-order valence-corrected chi connectivity index (χ1v) is 10.4. The largest absolute Gasteiger partial charge is 0.457 e. The van der Waals surface area contributed by atoms with Crippen LogP contribution in [0.25, 0.3) is 11.0 Å². The fraction of sp³-hybridized carbons (Fsp3) is 0.0769. The lowest BCUT2D eigenvalue weighted by Crippen LogP contribution is -2.04. The molecule has 32 heavy (non-hydrogen) atoms.